The number of amides is 1. The van der Waals surface area contributed by atoms with Crippen molar-refractivity contribution in [2.75, 3.05) is 26.2 Å². The fourth-order valence-corrected chi connectivity index (χ4v) is 2.86. The van der Waals surface area contributed by atoms with Gasteiger partial charge in [-0.3, -0.25) is 14.5 Å². The molecule has 0 aromatic carbocycles. The topological polar surface area (TPSA) is 60.9 Å². The van der Waals surface area contributed by atoms with Crippen LogP contribution < -0.4 is 0 Å². The van der Waals surface area contributed by atoms with Crippen LogP contribution in [0.3, 0.4) is 0 Å². The summed E-state index contributed by atoms with van der Waals surface area (Å²) in [6, 6.07) is 0.278. The summed E-state index contributed by atoms with van der Waals surface area (Å²) in [5, 5.41) is 9.02. The normalized spacial score (nSPS) is 23.6. The van der Waals surface area contributed by atoms with Crippen LogP contribution in [0.4, 0.5) is 0 Å². The summed E-state index contributed by atoms with van der Waals surface area (Å²) in [6.07, 6.45) is 3.16. The number of aliphatic carboxylic acids is 1. The van der Waals surface area contributed by atoms with Crippen molar-refractivity contribution in [2.24, 2.45) is 11.3 Å². The van der Waals surface area contributed by atoms with Crippen molar-refractivity contribution < 1.29 is 14.7 Å². The largest absolute Gasteiger partial charge is 0.481 e. The van der Waals surface area contributed by atoms with Crippen LogP contribution in [0.25, 0.3) is 0 Å². The van der Waals surface area contributed by atoms with Crippen molar-refractivity contribution in [1.29, 1.82) is 0 Å². The summed E-state index contributed by atoms with van der Waals surface area (Å²) in [6.45, 7) is 8.81. The minimum absolute atomic E-state index is 0.0956. The van der Waals surface area contributed by atoms with Gasteiger partial charge in [0.2, 0.25) is 5.91 Å². The Balaban J connectivity index is 1.89. The molecule has 5 heteroatoms. The number of carbonyl (C=O) groups is 2. The second kappa shape index (κ2) is 5.72. The highest BCUT2D eigenvalue weighted by Gasteiger charge is 2.36. The van der Waals surface area contributed by atoms with Crippen molar-refractivity contribution in [3.8, 4) is 0 Å². The molecule has 1 unspecified atom stereocenters. The first kappa shape index (κ1) is 15.3. The number of carboxylic acids is 1. The molecule has 0 aromatic rings. The van der Waals surface area contributed by atoms with Crippen LogP contribution in [0.1, 0.15) is 40.0 Å². The van der Waals surface area contributed by atoms with Gasteiger partial charge in [0.15, 0.2) is 0 Å². The second-order valence-corrected chi connectivity index (χ2v) is 7.14. The van der Waals surface area contributed by atoms with Crippen molar-refractivity contribution in [3.05, 3.63) is 0 Å². The standard InChI is InChI=1S/C15H26N2O3/c1-11(14(19)20)8-17(12-4-5-12)13(18)9-16-7-6-15(2,3)10-16/h11-12H,4-10H2,1-3H3,(H,19,20). The summed E-state index contributed by atoms with van der Waals surface area (Å²) >= 11 is 0. The van der Waals surface area contributed by atoms with Crippen LogP contribution in [0, 0.1) is 11.3 Å². The summed E-state index contributed by atoms with van der Waals surface area (Å²) in [5.74, 6) is -1.22. The van der Waals surface area contributed by atoms with Gasteiger partial charge >= 0.3 is 5.97 Å². The highest BCUT2D eigenvalue weighted by molar-refractivity contribution is 5.80. The number of carboxylic acid groups (broad SMARTS) is 1. The number of likely N-dealkylation sites (tertiary alicyclic amines) is 1. The van der Waals surface area contributed by atoms with Gasteiger partial charge in [0, 0.05) is 19.1 Å². The van der Waals surface area contributed by atoms with E-state index >= 15 is 0 Å². The van der Waals surface area contributed by atoms with Gasteiger partial charge in [-0.1, -0.05) is 20.8 Å². The summed E-state index contributed by atoms with van der Waals surface area (Å²) < 4.78 is 0. The zero-order valence-corrected chi connectivity index (χ0v) is 12.8. The summed E-state index contributed by atoms with van der Waals surface area (Å²) in [4.78, 5) is 27.4. The Morgan fingerprint density at radius 1 is 1.40 bits per heavy atom. The highest BCUT2D eigenvalue weighted by Crippen LogP contribution is 2.30. The van der Waals surface area contributed by atoms with Crippen molar-refractivity contribution in [2.45, 2.75) is 46.1 Å². The smallest absolute Gasteiger partial charge is 0.308 e. The predicted octanol–water partition coefficient (Wildman–Crippen LogP) is 1.43. The molecular formula is C15H26N2O3. The molecule has 5 nitrogen and oxygen atoms in total. The molecule has 1 atom stereocenters. The van der Waals surface area contributed by atoms with Crippen molar-refractivity contribution in [3.63, 3.8) is 0 Å². The molecule has 2 aliphatic rings. The highest BCUT2D eigenvalue weighted by atomic mass is 16.4. The molecule has 0 bridgehead atoms. The van der Waals surface area contributed by atoms with Crippen LogP contribution >= 0.6 is 0 Å². The molecule has 0 radical (unpaired) electrons. The van der Waals surface area contributed by atoms with E-state index in [9.17, 15) is 9.59 Å². The van der Waals surface area contributed by atoms with E-state index < -0.39 is 11.9 Å². The molecule has 1 saturated carbocycles. The quantitative estimate of drug-likeness (QED) is 0.800. The average Bonchev–Trinajstić information content (AvgIpc) is 3.11. The van der Waals surface area contributed by atoms with Crippen LogP contribution in [-0.4, -0.2) is 59.0 Å². The van der Waals surface area contributed by atoms with Gasteiger partial charge in [0.25, 0.3) is 0 Å². The third-order valence-corrected chi connectivity index (χ3v) is 4.32. The number of hydrogen-bond donors (Lipinski definition) is 1. The van der Waals surface area contributed by atoms with Gasteiger partial charge in [-0.2, -0.15) is 0 Å². The van der Waals surface area contributed by atoms with E-state index in [-0.39, 0.29) is 11.9 Å². The Kier molecular flexibility index (Phi) is 4.37. The zero-order chi connectivity index (χ0) is 14.9. The Hall–Kier alpha value is -1.10. The molecule has 1 amide bonds. The van der Waals surface area contributed by atoms with Crippen LogP contribution in [-0.2, 0) is 9.59 Å². The SMILES string of the molecule is CC(CN(C(=O)CN1CCC(C)(C)C1)C1CC1)C(=O)O. The molecule has 2 rings (SSSR count). The Morgan fingerprint density at radius 2 is 2.05 bits per heavy atom. The van der Waals surface area contributed by atoms with Crippen LogP contribution in [0.2, 0.25) is 0 Å². The van der Waals surface area contributed by atoms with E-state index in [4.69, 9.17) is 5.11 Å². The molecule has 1 N–H and O–H groups in total. The van der Waals surface area contributed by atoms with Crippen molar-refractivity contribution >= 4 is 11.9 Å². The number of nitrogens with zero attached hydrogens (tertiary/aromatic N) is 2. The molecule has 1 aliphatic heterocycles. The third kappa shape index (κ3) is 3.95. The molecule has 20 heavy (non-hydrogen) atoms. The maximum absolute atomic E-state index is 12.4. The van der Waals surface area contributed by atoms with E-state index in [0.717, 1.165) is 32.4 Å². The van der Waals surface area contributed by atoms with E-state index in [1.807, 2.05) is 0 Å². The predicted molar refractivity (Wildman–Crippen MR) is 76.4 cm³/mol. The minimum Gasteiger partial charge on any atom is -0.481 e. The number of carbonyl (C=O) groups excluding carboxylic acids is 1. The van der Waals surface area contributed by atoms with E-state index in [0.29, 0.717) is 18.5 Å². The third-order valence-electron chi connectivity index (χ3n) is 4.32. The van der Waals surface area contributed by atoms with E-state index in [1.165, 1.54) is 0 Å². The lowest BCUT2D eigenvalue weighted by molar-refractivity contribution is -0.143. The van der Waals surface area contributed by atoms with Crippen molar-refractivity contribution in [1.82, 2.24) is 9.80 Å². The Morgan fingerprint density at radius 3 is 2.50 bits per heavy atom. The number of hydrogen-bond acceptors (Lipinski definition) is 3. The van der Waals surface area contributed by atoms with Crippen LogP contribution in [0.5, 0.6) is 0 Å². The monoisotopic (exact) mass is 282 g/mol. The fraction of sp³-hybridized carbons (Fsp3) is 0.867. The van der Waals surface area contributed by atoms with Gasteiger partial charge in [-0.25, -0.2) is 0 Å². The lowest BCUT2D eigenvalue weighted by atomic mass is 9.93. The molecular weight excluding hydrogens is 256 g/mol. The molecule has 1 aliphatic carbocycles. The first-order valence-electron chi connectivity index (χ1n) is 7.53. The maximum Gasteiger partial charge on any atom is 0.308 e. The lowest BCUT2D eigenvalue weighted by Crippen LogP contribution is -2.44. The summed E-state index contributed by atoms with van der Waals surface area (Å²) in [5.41, 5.74) is 0.291. The van der Waals surface area contributed by atoms with Crippen LogP contribution in [0.15, 0.2) is 0 Å². The lowest BCUT2D eigenvalue weighted by Gasteiger charge is -2.27. The van der Waals surface area contributed by atoms with E-state index in [1.54, 1.807) is 11.8 Å². The van der Waals surface area contributed by atoms with Gasteiger partial charge in [0.05, 0.1) is 12.5 Å². The molecule has 1 heterocycles. The van der Waals surface area contributed by atoms with Gasteiger partial charge in [0.1, 0.15) is 0 Å². The molecule has 114 valence electrons. The Labute approximate surface area is 120 Å². The zero-order valence-electron chi connectivity index (χ0n) is 12.8. The van der Waals surface area contributed by atoms with Gasteiger partial charge in [-0.15, -0.1) is 0 Å². The first-order valence-corrected chi connectivity index (χ1v) is 7.53. The minimum atomic E-state index is -0.828. The molecule has 0 aromatic heterocycles. The number of rotatable bonds is 6. The fourth-order valence-electron chi connectivity index (χ4n) is 2.86. The van der Waals surface area contributed by atoms with Gasteiger partial charge < -0.3 is 10.0 Å². The molecule has 2 fully saturated rings. The molecule has 0 spiro atoms. The Bertz CT molecular complexity index is 391. The second-order valence-electron chi connectivity index (χ2n) is 7.14. The average molecular weight is 282 g/mol. The molecule has 1 saturated heterocycles. The van der Waals surface area contributed by atoms with E-state index in [2.05, 4.69) is 18.7 Å². The first-order chi connectivity index (χ1) is 9.28. The maximum atomic E-state index is 12.4. The van der Waals surface area contributed by atoms with Gasteiger partial charge in [-0.05, 0) is 31.2 Å². The summed E-state index contributed by atoms with van der Waals surface area (Å²) in [7, 11) is 0.